The molecule has 2 aromatic heterocycles. The minimum absolute atomic E-state index is 0.0157. The van der Waals surface area contributed by atoms with Crippen molar-refractivity contribution in [2.75, 3.05) is 0 Å². The molecular formula is C19H16N4O3S. The first-order chi connectivity index (χ1) is 13.1. The molecule has 27 heavy (non-hydrogen) atoms. The van der Waals surface area contributed by atoms with Gasteiger partial charge in [-0.2, -0.15) is 0 Å². The van der Waals surface area contributed by atoms with Gasteiger partial charge in [0.1, 0.15) is 5.54 Å². The zero-order valence-corrected chi connectivity index (χ0v) is 15.2. The first-order valence-corrected chi connectivity index (χ1v) is 9.65. The monoisotopic (exact) mass is 380 g/mol. The quantitative estimate of drug-likeness (QED) is 0.690. The van der Waals surface area contributed by atoms with Crippen molar-refractivity contribution in [3.05, 3.63) is 69.1 Å². The summed E-state index contributed by atoms with van der Waals surface area (Å²) in [7, 11) is 0. The molecule has 0 radical (unpaired) electrons. The second-order valence-electron chi connectivity index (χ2n) is 6.88. The average molecular weight is 380 g/mol. The number of hydrogen-bond acceptors (Lipinski definition) is 5. The number of rotatable bonds is 2. The molecule has 1 fully saturated rings. The van der Waals surface area contributed by atoms with E-state index in [0.717, 1.165) is 24.0 Å². The van der Waals surface area contributed by atoms with E-state index in [1.54, 1.807) is 11.6 Å². The van der Waals surface area contributed by atoms with Crippen molar-refractivity contribution in [2.24, 2.45) is 0 Å². The number of carbonyl (C=O) groups is 2. The van der Waals surface area contributed by atoms with Gasteiger partial charge >= 0.3 is 6.03 Å². The molecule has 5 rings (SSSR count). The van der Waals surface area contributed by atoms with Crippen LogP contribution in [0.5, 0.6) is 0 Å². The third-order valence-electron chi connectivity index (χ3n) is 5.33. The Labute approximate surface area is 158 Å². The van der Waals surface area contributed by atoms with Gasteiger partial charge in [0, 0.05) is 17.6 Å². The van der Waals surface area contributed by atoms with Crippen LogP contribution >= 0.6 is 11.3 Å². The Hall–Kier alpha value is -3.00. The number of amides is 3. The van der Waals surface area contributed by atoms with Gasteiger partial charge in [0.15, 0.2) is 4.96 Å². The van der Waals surface area contributed by atoms with E-state index in [-0.39, 0.29) is 18.0 Å². The highest BCUT2D eigenvalue weighted by atomic mass is 32.1. The highest BCUT2D eigenvalue weighted by Crippen LogP contribution is 2.40. The molecule has 2 aliphatic rings. The first kappa shape index (κ1) is 16.2. The second kappa shape index (κ2) is 5.75. The van der Waals surface area contributed by atoms with Crippen LogP contribution in [0.1, 0.15) is 29.7 Å². The van der Waals surface area contributed by atoms with Gasteiger partial charge in [-0.15, -0.1) is 11.3 Å². The molecule has 0 saturated carbocycles. The highest BCUT2D eigenvalue weighted by Gasteiger charge is 2.53. The molecule has 1 aliphatic heterocycles. The zero-order chi connectivity index (χ0) is 18.6. The number of aryl methyl sites for hydroxylation is 1. The van der Waals surface area contributed by atoms with Gasteiger partial charge in [0.2, 0.25) is 0 Å². The summed E-state index contributed by atoms with van der Waals surface area (Å²) in [6.45, 7) is -0.0157. The Balaban J connectivity index is 1.53. The number of nitrogens with zero attached hydrogens (tertiary/aromatic N) is 3. The molecule has 136 valence electrons. The van der Waals surface area contributed by atoms with Gasteiger partial charge in [-0.25, -0.2) is 9.78 Å². The van der Waals surface area contributed by atoms with Gasteiger partial charge < -0.3 is 5.32 Å². The Morgan fingerprint density at radius 3 is 2.96 bits per heavy atom. The number of urea groups is 1. The van der Waals surface area contributed by atoms with Crippen LogP contribution in [0.25, 0.3) is 4.96 Å². The second-order valence-corrected chi connectivity index (χ2v) is 7.75. The first-order valence-electron chi connectivity index (χ1n) is 8.77. The fraction of sp³-hybridized carbons (Fsp3) is 0.263. The summed E-state index contributed by atoms with van der Waals surface area (Å²) in [6, 6.07) is 8.69. The Kier molecular flexibility index (Phi) is 3.45. The lowest BCUT2D eigenvalue weighted by Gasteiger charge is -2.33. The van der Waals surface area contributed by atoms with Crippen molar-refractivity contribution in [1.82, 2.24) is 19.6 Å². The van der Waals surface area contributed by atoms with Crippen molar-refractivity contribution >= 4 is 28.2 Å². The molecule has 1 aromatic carbocycles. The van der Waals surface area contributed by atoms with Crippen molar-refractivity contribution in [2.45, 2.75) is 31.3 Å². The molecule has 3 heterocycles. The number of nitrogens with one attached hydrogen (secondary N) is 1. The number of fused-ring (bicyclic) bond motifs is 3. The van der Waals surface area contributed by atoms with Gasteiger partial charge in [0.05, 0.1) is 12.2 Å². The van der Waals surface area contributed by atoms with E-state index in [2.05, 4.69) is 10.3 Å². The summed E-state index contributed by atoms with van der Waals surface area (Å²) in [5.74, 6) is -0.271. The molecule has 1 N–H and O–H groups in total. The van der Waals surface area contributed by atoms with E-state index in [1.165, 1.54) is 26.7 Å². The molecule has 3 amide bonds. The predicted molar refractivity (Wildman–Crippen MR) is 99.5 cm³/mol. The van der Waals surface area contributed by atoms with Crippen LogP contribution in [-0.4, -0.2) is 26.2 Å². The van der Waals surface area contributed by atoms with Gasteiger partial charge in [-0.1, -0.05) is 24.3 Å². The molecule has 1 unspecified atom stereocenters. The van der Waals surface area contributed by atoms with Gasteiger partial charge in [-0.05, 0) is 30.4 Å². The van der Waals surface area contributed by atoms with Crippen molar-refractivity contribution in [3.8, 4) is 0 Å². The summed E-state index contributed by atoms with van der Waals surface area (Å²) >= 11 is 1.34. The van der Waals surface area contributed by atoms with Crippen molar-refractivity contribution in [3.63, 3.8) is 0 Å². The maximum atomic E-state index is 13.3. The fourth-order valence-electron chi connectivity index (χ4n) is 4.09. The zero-order valence-electron chi connectivity index (χ0n) is 14.3. The van der Waals surface area contributed by atoms with Crippen LogP contribution in [0.3, 0.4) is 0 Å². The van der Waals surface area contributed by atoms with Crippen LogP contribution in [0.15, 0.2) is 46.7 Å². The largest absolute Gasteiger partial charge is 0.325 e. The number of benzene rings is 1. The lowest BCUT2D eigenvalue weighted by molar-refractivity contribution is -0.132. The lowest BCUT2D eigenvalue weighted by atomic mass is 9.76. The predicted octanol–water partition coefficient (Wildman–Crippen LogP) is 2.04. The summed E-state index contributed by atoms with van der Waals surface area (Å²) in [4.78, 5) is 44.3. The molecule has 3 aromatic rings. The summed E-state index contributed by atoms with van der Waals surface area (Å²) in [5.41, 5.74) is 1.15. The van der Waals surface area contributed by atoms with Gasteiger partial charge in [-0.3, -0.25) is 18.9 Å². The van der Waals surface area contributed by atoms with E-state index in [1.807, 2.05) is 24.3 Å². The van der Waals surface area contributed by atoms with Crippen molar-refractivity contribution in [1.29, 1.82) is 0 Å². The minimum Gasteiger partial charge on any atom is -0.319 e. The maximum Gasteiger partial charge on any atom is 0.325 e. The topological polar surface area (TPSA) is 83.8 Å². The Morgan fingerprint density at radius 2 is 2.07 bits per heavy atom. The third-order valence-corrected chi connectivity index (χ3v) is 6.08. The highest BCUT2D eigenvalue weighted by molar-refractivity contribution is 7.15. The van der Waals surface area contributed by atoms with Crippen molar-refractivity contribution < 1.29 is 9.59 Å². The summed E-state index contributed by atoms with van der Waals surface area (Å²) < 4.78 is 1.44. The average Bonchev–Trinajstić information content (AvgIpc) is 3.22. The lowest BCUT2D eigenvalue weighted by Crippen LogP contribution is -2.46. The van der Waals surface area contributed by atoms with Gasteiger partial charge in [0.25, 0.3) is 11.5 Å². The van der Waals surface area contributed by atoms with Crippen LogP contribution in [0.4, 0.5) is 4.79 Å². The number of thiazole rings is 1. The summed E-state index contributed by atoms with van der Waals surface area (Å²) in [5, 5.41) is 4.69. The molecule has 1 saturated heterocycles. The van der Waals surface area contributed by atoms with E-state index in [0.29, 0.717) is 17.1 Å². The third kappa shape index (κ3) is 2.33. The molecular weight excluding hydrogens is 364 g/mol. The van der Waals surface area contributed by atoms with Crippen LogP contribution < -0.4 is 10.9 Å². The number of aromatic nitrogens is 2. The normalized spacial score (nSPS) is 21.7. The molecule has 1 atom stereocenters. The standard InChI is InChI=1S/C19H16N4O3S/c24-15-10-13(20-18-22(15)8-9-27-18)11-23-16(25)19(21-17(23)26)7-3-5-12-4-1-2-6-14(12)19/h1-2,4,6,8-10H,3,5,7,11H2,(H,21,26). The van der Waals surface area contributed by atoms with E-state index < -0.39 is 11.6 Å². The summed E-state index contributed by atoms with van der Waals surface area (Å²) in [6.07, 6.45) is 3.96. The van der Waals surface area contributed by atoms with Crippen LogP contribution in [-0.2, 0) is 23.3 Å². The molecule has 8 heteroatoms. The Bertz CT molecular complexity index is 1150. The number of imide groups is 1. The van der Waals surface area contributed by atoms with Crippen LogP contribution in [0.2, 0.25) is 0 Å². The minimum atomic E-state index is -1.01. The molecule has 1 spiro atoms. The van der Waals surface area contributed by atoms with E-state index >= 15 is 0 Å². The Morgan fingerprint density at radius 1 is 1.22 bits per heavy atom. The maximum absolute atomic E-state index is 13.3. The number of carbonyl (C=O) groups excluding carboxylic acids is 2. The molecule has 1 aliphatic carbocycles. The molecule has 7 nitrogen and oxygen atoms in total. The van der Waals surface area contributed by atoms with Crippen LogP contribution in [0, 0.1) is 0 Å². The smallest absolute Gasteiger partial charge is 0.319 e. The van der Waals surface area contributed by atoms with E-state index in [4.69, 9.17) is 0 Å². The van der Waals surface area contributed by atoms with E-state index in [9.17, 15) is 14.4 Å². The number of hydrogen-bond donors (Lipinski definition) is 1. The fourth-order valence-corrected chi connectivity index (χ4v) is 4.82. The molecule has 0 bridgehead atoms. The SMILES string of the molecule is O=C1NC2(CCCc3ccccc32)C(=O)N1Cc1cc(=O)n2ccsc2n1.